The van der Waals surface area contributed by atoms with Crippen molar-refractivity contribution in [3.05, 3.63) is 72.6 Å². The van der Waals surface area contributed by atoms with E-state index in [9.17, 15) is 0 Å². The third-order valence-electron chi connectivity index (χ3n) is 3.15. The predicted octanol–water partition coefficient (Wildman–Crippen LogP) is 2.51. The third kappa shape index (κ3) is 5.82. The van der Waals surface area contributed by atoms with Crippen LogP contribution >= 0.6 is 0 Å². The van der Waals surface area contributed by atoms with E-state index in [0.29, 0.717) is 19.6 Å². The first-order chi connectivity index (χ1) is 11.3. The van der Waals surface area contributed by atoms with Gasteiger partial charge in [-0.15, -0.1) is 6.58 Å². The van der Waals surface area contributed by atoms with Gasteiger partial charge in [-0.05, 0) is 29.3 Å². The number of benzene rings is 1. The summed E-state index contributed by atoms with van der Waals surface area (Å²) >= 11 is 0. The summed E-state index contributed by atoms with van der Waals surface area (Å²) < 4.78 is 5.24. The predicted molar refractivity (Wildman–Crippen MR) is 93.4 cm³/mol. The number of ether oxygens (including phenoxy) is 1. The molecule has 0 atom stereocenters. The Labute approximate surface area is 137 Å². The van der Waals surface area contributed by atoms with Crippen LogP contribution in [0.25, 0.3) is 0 Å². The van der Waals surface area contributed by atoms with E-state index >= 15 is 0 Å². The van der Waals surface area contributed by atoms with E-state index in [1.165, 1.54) is 0 Å². The lowest BCUT2D eigenvalue weighted by Crippen LogP contribution is -2.37. The molecule has 0 amide bonds. The van der Waals surface area contributed by atoms with Crippen LogP contribution in [0.1, 0.15) is 11.1 Å². The lowest BCUT2D eigenvalue weighted by atomic mass is 10.2. The molecule has 0 aliphatic rings. The standard InChI is InChI=1S/C18H22N4O/c1-3-9-20-18(22-14-16-7-5-10-19-12-16)21-13-15-6-4-8-17(11-15)23-2/h3-8,10-12H,1,9,13-14H2,2H3,(H2,20,21,22). The largest absolute Gasteiger partial charge is 0.497 e. The Hall–Kier alpha value is -2.82. The number of aliphatic imine (C=N–C) groups is 1. The number of pyridine rings is 1. The second-order valence-electron chi connectivity index (χ2n) is 4.90. The zero-order valence-corrected chi connectivity index (χ0v) is 13.3. The number of hydrogen-bond donors (Lipinski definition) is 2. The molecule has 1 aromatic heterocycles. The van der Waals surface area contributed by atoms with Gasteiger partial charge in [-0.1, -0.05) is 24.3 Å². The Bertz CT molecular complexity index is 640. The molecule has 23 heavy (non-hydrogen) atoms. The minimum absolute atomic E-state index is 0.568. The molecule has 0 aliphatic heterocycles. The molecular weight excluding hydrogens is 288 g/mol. The summed E-state index contributed by atoms with van der Waals surface area (Å²) in [7, 11) is 1.67. The molecule has 2 N–H and O–H groups in total. The number of aromatic nitrogens is 1. The fraction of sp³-hybridized carbons (Fsp3) is 0.222. The summed E-state index contributed by atoms with van der Waals surface area (Å²) in [6, 6.07) is 11.9. The van der Waals surface area contributed by atoms with Crippen molar-refractivity contribution < 1.29 is 4.74 Å². The summed E-state index contributed by atoms with van der Waals surface area (Å²) in [5.41, 5.74) is 2.19. The van der Waals surface area contributed by atoms with E-state index in [-0.39, 0.29) is 0 Å². The quantitative estimate of drug-likeness (QED) is 0.469. The maximum atomic E-state index is 5.24. The van der Waals surface area contributed by atoms with Crippen molar-refractivity contribution in [2.75, 3.05) is 13.7 Å². The molecule has 2 rings (SSSR count). The molecule has 2 aromatic rings. The average Bonchev–Trinajstić information content (AvgIpc) is 2.62. The van der Waals surface area contributed by atoms with Crippen molar-refractivity contribution in [2.24, 2.45) is 4.99 Å². The van der Waals surface area contributed by atoms with Gasteiger partial charge in [0.1, 0.15) is 5.75 Å². The van der Waals surface area contributed by atoms with Crippen LogP contribution in [0, 0.1) is 0 Å². The molecule has 0 fully saturated rings. The minimum Gasteiger partial charge on any atom is -0.497 e. The molecule has 0 radical (unpaired) electrons. The number of nitrogens with zero attached hydrogens (tertiary/aromatic N) is 2. The van der Waals surface area contributed by atoms with Crippen LogP contribution in [-0.2, 0) is 13.1 Å². The lowest BCUT2D eigenvalue weighted by molar-refractivity contribution is 0.414. The smallest absolute Gasteiger partial charge is 0.192 e. The number of hydrogen-bond acceptors (Lipinski definition) is 3. The van der Waals surface area contributed by atoms with E-state index in [4.69, 9.17) is 4.74 Å². The molecule has 0 aliphatic carbocycles. The van der Waals surface area contributed by atoms with Crippen molar-refractivity contribution >= 4 is 5.96 Å². The van der Waals surface area contributed by atoms with Crippen molar-refractivity contribution in [1.82, 2.24) is 15.6 Å². The summed E-state index contributed by atoms with van der Waals surface area (Å²) in [6.07, 6.45) is 5.37. The molecule has 0 saturated heterocycles. The molecule has 1 heterocycles. The van der Waals surface area contributed by atoms with Gasteiger partial charge in [-0.2, -0.15) is 0 Å². The van der Waals surface area contributed by atoms with E-state index in [0.717, 1.165) is 22.8 Å². The third-order valence-corrected chi connectivity index (χ3v) is 3.15. The Kier molecular flexibility index (Phi) is 6.65. The molecule has 0 unspecified atom stereocenters. The van der Waals surface area contributed by atoms with E-state index in [1.807, 2.05) is 42.6 Å². The normalized spacial score (nSPS) is 10.9. The van der Waals surface area contributed by atoms with Crippen LogP contribution in [0.2, 0.25) is 0 Å². The van der Waals surface area contributed by atoms with Gasteiger partial charge in [0.05, 0.1) is 13.7 Å². The van der Waals surface area contributed by atoms with Gasteiger partial charge < -0.3 is 15.4 Å². The molecular formula is C18H22N4O. The highest BCUT2D eigenvalue weighted by Crippen LogP contribution is 2.12. The highest BCUT2D eigenvalue weighted by Gasteiger charge is 2.00. The second-order valence-corrected chi connectivity index (χ2v) is 4.90. The van der Waals surface area contributed by atoms with Gasteiger partial charge in [0.25, 0.3) is 0 Å². The number of guanidine groups is 1. The number of nitrogens with one attached hydrogen (secondary N) is 2. The van der Waals surface area contributed by atoms with E-state index < -0.39 is 0 Å². The Morgan fingerprint density at radius 1 is 1.26 bits per heavy atom. The number of rotatable bonds is 7. The van der Waals surface area contributed by atoms with E-state index in [2.05, 4.69) is 27.2 Å². The fourth-order valence-electron chi connectivity index (χ4n) is 1.97. The molecule has 0 bridgehead atoms. The van der Waals surface area contributed by atoms with Gasteiger partial charge in [0.2, 0.25) is 0 Å². The van der Waals surface area contributed by atoms with Gasteiger partial charge in [0.15, 0.2) is 5.96 Å². The first-order valence-corrected chi connectivity index (χ1v) is 7.46. The van der Waals surface area contributed by atoms with Crippen LogP contribution in [-0.4, -0.2) is 24.6 Å². The summed E-state index contributed by atoms with van der Waals surface area (Å²) in [5, 5.41) is 6.52. The Morgan fingerprint density at radius 3 is 2.87 bits per heavy atom. The van der Waals surface area contributed by atoms with Crippen LogP contribution in [0.4, 0.5) is 0 Å². The molecule has 120 valence electrons. The van der Waals surface area contributed by atoms with Crippen LogP contribution in [0.3, 0.4) is 0 Å². The topological polar surface area (TPSA) is 58.5 Å². The molecule has 0 saturated carbocycles. The molecule has 1 aromatic carbocycles. The van der Waals surface area contributed by atoms with Gasteiger partial charge in [0, 0.05) is 25.5 Å². The highest BCUT2D eigenvalue weighted by atomic mass is 16.5. The zero-order valence-electron chi connectivity index (χ0n) is 13.3. The molecule has 0 spiro atoms. The highest BCUT2D eigenvalue weighted by molar-refractivity contribution is 5.79. The maximum Gasteiger partial charge on any atom is 0.192 e. The monoisotopic (exact) mass is 310 g/mol. The van der Waals surface area contributed by atoms with Gasteiger partial charge in [-0.3, -0.25) is 4.98 Å². The van der Waals surface area contributed by atoms with Gasteiger partial charge in [-0.25, -0.2) is 4.99 Å². The summed E-state index contributed by atoms with van der Waals surface area (Å²) in [6.45, 7) is 5.60. The summed E-state index contributed by atoms with van der Waals surface area (Å²) in [5.74, 6) is 1.58. The summed E-state index contributed by atoms with van der Waals surface area (Å²) in [4.78, 5) is 8.66. The zero-order chi connectivity index (χ0) is 16.3. The van der Waals surface area contributed by atoms with Crippen molar-refractivity contribution in [3.8, 4) is 5.75 Å². The average molecular weight is 310 g/mol. The first-order valence-electron chi connectivity index (χ1n) is 7.46. The first kappa shape index (κ1) is 16.5. The van der Waals surface area contributed by atoms with Crippen LogP contribution in [0.15, 0.2) is 66.4 Å². The van der Waals surface area contributed by atoms with Crippen LogP contribution < -0.4 is 15.4 Å². The van der Waals surface area contributed by atoms with Crippen molar-refractivity contribution in [1.29, 1.82) is 0 Å². The maximum absolute atomic E-state index is 5.24. The minimum atomic E-state index is 0.568. The second kappa shape index (κ2) is 9.25. The molecule has 5 nitrogen and oxygen atoms in total. The van der Waals surface area contributed by atoms with E-state index in [1.54, 1.807) is 19.4 Å². The van der Waals surface area contributed by atoms with Crippen LogP contribution in [0.5, 0.6) is 5.75 Å². The Balaban J connectivity index is 1.98. The lowest BCUT2D eigenvalue weighted by Gasteiger charge is -2.12. The Morgan fingerprint density at radius 2 is 2.13 bits per heavy atom. The van der Waals surface area contributed by atoms with Crippen molar-refractivity contribution in [2.45, 2.75) is 13.1 Å². The fourth-order valence-corrected chi connectivity index (χ4v) is 1.97. The number of methoxy groups -OCH3 is 1. The molecule has 5 heteroatoms. The van der Waals surface area contributed by atoms with Crippen molar-refractivity contribution in [3.63, 3.8) is 0 Å². The van der Waals surface area contributed by atoms with Gasteiger partial charge >= 0.3 is 0 Å². The SMILES string of the molecule is C=CCNC(=NCc1cccnc1)NCc1cccc(OC)c1.